The largest absolute Gasteiger partial charge is 0.381 e. The van der Waals surface area contributed by atoms with Crippen LogP contribution in [-0.4, -0.2) is 30.5 Å². The van der Waals surface area contributed by atoms with Crippen LogP contribution in [0.2, 0.25) is 0 Å². The quantitative estimate of drug-likeness (QED) is 0.882. The molecule has 1 fully saturated rings. The fourth-order valence-corrected chi connectivity index (χ4v) is 2.44. The molecule has 3 rings (SSSR count). The average molecular weight is 242 g/mol. The summed E-state index contributed by atoms with van der Waals surface area (Å²) in [5.74, 6) is 0. The molecule has 18 heavy (non-hydrogen) atoms. The minimum Gasteiger partial charge on any atom is -0.381 e. The third kappa shape index (κ3) is 2.46. The van der Waals surface area contributed by atoms with E-state index in [0.717, 1.165) is 39.0 Å². The second-order valence-electron chi connectivity index (χ2n) is 4.67. The van der Waals surface area contributed by atoms with Crippen LogP contribution in [0.3, 0.4) is 0 Å². The van der Waals surface area contributed by atoms with Crippen LogP contribution in [0.5, 0.6) is 0 Å². The van der Waals surface area contributed by atoms with Gasteiger partial charge in [0.1, 0.15) is 0 Å². The van der Waals surface area contributed by atoms with E-state index in [4.69, 9.17) is 4.74 Å². The van der Waals surface area contributed by atoms with Gasteiger partial charge >= 0.3 is 0 Å². The molecule has 0 aliphatic carbocycles. The Morgan fingerprint density at radius 1 is 1.17 bits per heavy atom. The number of aliphatic imine (C=N–C) groups is 1. The molecule has 1 N–H and O–H groups in total. The molecular formula is C15H18N2O. The van der Waals surface area contributed by atoms with Crippen molar-refractivity contribution in [1.29, 1.82) is 0 Å². The van der Waals surface area contributed by atoms with Crippen LogP contribution in [0.1, 0.15) is 18.4 Å². The molecule has 1 aliphatic rings. The predicted octanol–water partition coefficient (Wildman–Crippen LogP) is 2.96. The Bertz CT molecular complexity index is 548. The molecule has 1 aromatic heterocycles. The zero-order valence-corrected chi connectivity index (χ0v) is 10.5. The number of fused-ring (bicyclic) bond motifs is 1. The first-order valence-electron chi connectivity index (χ1n) is 6.58. The zero-order chi connectivity index (χ0) is 12.2. The first-order chi connectivity index (χ1) is 8.93. The predicted molar refractivity (Wildman–Crippen MR) is 74.4 cm³/mol. The zero-order valence-electron chi connectivity index (χ0n) is 10.5. The van der Waals surface area contributed by atoms with Crippen molar-refractivity contribution < 1.29 is 4.74 Å². The Labute approximate surface area is 107 Å². The van der Waals surface area contributed by atoms with Crippen LogP contribution < -0.4 is 0 Å². The molecule has 0 amide bonds. The average Bonchev–Trinajstić information content (AvgIpc) is 2.84. The third-order valence-electron chi connectivity index (χ3n) is 3.46. The molecule has 2 heterocycles. The van der Waals surface area contributed by atoms with E-state index < -0.39 is 0 Å². The van der Waals surface area contributed by atoms with Gasteiger partial charge in [-0.25, -0.2) is 0 Å². The van der Waals surface area contributed by atoms with E-state index in [0.29, 0.717) is 0 Å². The van der Waals surface area contributed by atoms with Gasteiger partial charge in [-0.2, -0.15) is 0 Å². The van der Waals surface area contributed by atoms with Gasteiger partial charge in [0, 0.05) is 42.2 Å². The van der Waals surface area contributed by atoms with Crippen molar-refractivity contribution in [3.8, 4) is 0 Å². The molecule has 2 aromatic rings. The molecule has 1 saturated heterocycles. The van der Waals surface area contributed by atoms with E-state index in [1.807, 2.05) is 0 Å². The Balaban J connectivity index is 1.66. The number of benzene rings is 1. The summed E-state index contributed by atoms with van der Waals surface area (Å²) in [5, 5.41) is 1.32. The first-order valence-corrected chi connectivity index (χ1v) is 6.58. The molecule has 0 unspecified atom stereocenters. The maximum atomic E-state index is 5.32. The summed E-state index contributed by atoms with van der Waals surface area (Å²) in [4.78, 5) is 8.00. The topological polar surface area (TPSA) is 37.4 Å². The highest BCUT2D eigenvalue weighted by Crippen LogP contribution is 2.18. The van der Waals surface area contributed by atoms with Crippen molar-refractivity contribution in [2.45, 2.75) is 19.3 Å². The molecule has 0 saturated carbocycles. The lowest BCUT2D eigenvalue weighted by atomic mass is 10.1. The van der Waals surface area contributed by atoms with Crippen LogP contribution in [0.25, 0.3) is 10.9 Å². The maximum absolute atomic E-state index is 5.32. The Morgan fingerprint density at radius 3 is 2.89 bits per heavy atom. The molecule has 3 heteroatoms. The number of aromatic amines is 1. The summed E-state index contributed by atoms with van der Waals surface area (Å²) in [6.45, 7) is 2.56. The number of para-hydroxylation sites is 1. The molecule has 0 radical (unpaired) electrons. The van der Waals surface area contributed by atoms with Crippen molar-refractivity contribution in [3.63, 3.8) is 0 Å². The van der Waals surface area contributed by atoms with Crippen LogP contribution >= 0.6 is 0 Å². The summed E-state index contributed by atoms with van der Waals surface area (Å²) < 4.78 is 5.32. The van der Waals surface area contributed by atoms with Gasteiger partial charge in [0.05, 0.1) is 13.2 Å². The maximum Gasteiger partial charge on any atom is 0.0518 e. The van der Waals surface area contributed by atoms with Gasteiger partial charge in [-0.15, -0.1) is 0 Å². The lowest BCUT2D eigenvalue weighted by molar-refractivity contribution is 0.134. The van der Waals surface area contributed by atoms with E-state index in [1.54, 1.807) is 0 Å². The normalized spacial score (nSPS) is 16.1. The highest BCUT2D eigenvalue weighted by Gasteiger charge is 2.06. The fraction of sp³-hybridized carbons (Fsp3) is 0.400. The highest BCUT2D eigenvalue weighted by atomic mass is 16.5. The summed E-state index contributed by atoms with van der Waals surface area (Å²) in [5.41, 5.74) is 3.90. The first kappa shape index (κ1) is 11.5. The molecule has 3 nitrogen and oxygen atoms in total. The second kappa shape index (κ2) is 5.36. The second-order valence-corrected chi connectivity index (χ2v) is 4.67. The SMILES string of the molecule is c1ccc2c(CCN=C3CCOCC3)c[nH]c2c1. The van der Waals surface area contributed by atoms with Gasteiger partial charge in [-0.05, 0) is 18.1 Å². The number of aromatic nitrogens is 1. The smallest absolute Gasteiger partial charge is 0.0518 e. The minimum atomic E-state index is 0.839. The molecular weight excluding hydrogens is 224 g/mol. The van der Waals surface area contributed by atoms with E-state index in [9.17, 15) is 0 Å². The van der Waals surface area contributed by atoms with Crippen LogP contribution in [0, 0.1) is 0 Å². The van der Waals surface area contributed by atoms with Crippen LogP contribution in [-0.2, 0) is 11.2 Å². The van der Waals surface area contributed by atoms with Gasteiger partial charge in [-0.1, -0.05) is 18.2 Å². The van der Waals surface area contributed by atoms with E-state index >= 15 is 0 Å². The molecule has 94 valence electrons. The molecule has 1 aliphatic heterocycles. The lowest BCUT2D eigenvalue weighted by Gasteiger charge is -2.13. The number of nitrogens with zero attached hydrogens (tertiary/aromatic N) is 1. The number of rotatable bonds is 3. The molecule has 0 spiro atoms. The number of H-pyrrole nitrogens is 1. The summed E-state index contributed by atoms with van der Waals surface area (Å²) >= 11 is 0. The van der Waals surface area contributed by atoms with Gasteiger partial charge < -0.3 is 9.72 Å². The van der Waals surface area contributed by atoms with Gasteiger partial charge in [0.15, 0.2) is 0 Å². The van der Waals surface area contributed by atoms with Crippen LogP contribution in [0.4, 0.5) is 0 Å². The Hall–Kier alpha value is -1.61. The van der Waals surface area contributed by atoms with E-state index in [-0.39, 0.29) is 0 Å². The molecule has 0 bridgehead atoms. The summed E-state index contributed by atoms with van der Waals surface area (Å²) in [6.07, 6.45) is 5.13. The number of hydrogen-bond donors (Lipinski definition) is 1. The monoisotopic (exact) mass is 242 g/mol. The van der Waals surface area contributed by atoms with E-state index in [1.165, 1.54) is 22.2 Å². The van der Waals surface area contributed by atoms with Crippen LogP contribution in [0.15, 0.2) is 35.5 Å². The van der Waals surface area contributed by atoms with E-state index in [2.05, 4.69) is 40.4 Å². The third-order valence-corrected chi connectivity index (χ3v) is 3.46. The number of nitrogens with one attached hydrogen (secondary N) is 1. The Kier molecular flexibility index (Phi) is 3.42. The summed E-state index contributed by atoms with van der Waals surface area (Å²) in [7, 11) is 0. The van der Waals surface area contributed by atoms with Crippen molar-refractivity contribution in [3.05, 3.63) is 36.0 Å². The highest BCUT2D eigenvalue weighted by molar-refractivity contribution is 5.85. The van der Waals surface area contributed by atoms with Gasteiger partial charge in [0.25, 0.3) is 0 Å². The van der Waals surface area contributed by atoms with Gasteiger partial charge in [0.2, 0.25) is 0 Å². The number of hydrogen-bond acceptors (Lipinski definition) is 2. The minimum absolute atomic E-state index is 0.839. The van der Waals surface area contributed by atoms with Crippen molar-refractivity contribution in [1.82, 2.24) is 4.98 Å². The number of ether oxygens (including phenoxy) is 1. The molecule has 1 aromatic carbocycles. The lowest BCUT2D eigenvalue weighted by Crippen LogP contribution is -2.15. The summed E-state index contributed by atoms with van der Waals surface area (Å²) in [6, 6.07) is 8.43. The molecule has 0 atom stereocenters. The van der Waals surface area contributed by atoms with Crippen molar-refractivity contribution >= 4 is 16.6 Å². The van der Waals surface area contributed by atoms with Crippen molar-refractivity contribution in [2.75, 3.05) is 19.8 Å². The van der Waals surface area contributed by atoms with Crippen molar-refractivity contribution in [2.24, 2.45) is 4.99 Å². The van der Waals surface area contributed by atoms with Gasteiger partial charge in [-0.3, -0.25) is 4.99 Å². The fourth-order valence-electron chi connectivity index (χ4n) is 2.44. The standard InChI is InChI=1S/C15H18N2O/c1-2-4-15-14(3-1)12(11-17-15)5-8-16-13-6-9-18-10-7-13/h1-4,11,17H,5-10H2. The Morgan fingerprint density at radius 2 is 2.00 bits per heavy atom.